The zero-order valence-corrected chi connectivity index (χ0v) is 11.6. The van der Waals surface area contributed by atoms with Gasteiger partial charge in [0.1, 0.15) is 5.76 Å². The Morgan fingerprint density at radius 1 is 1.50 bits per heavy atom. The highest BCUT2D eigenvalue weighted by Crippen LogP contribution is 2.20. The van der Waals surface area contributed by atoms with Gasteiger partial charge in [0.15, 0.2) is 0 Å². The van der Waals surface area contributed by atoms with Crippen LogP contribution < -0.4 is 5.32 Å². The first-order valence-corrected chi connectivity index (χ1v) is 6.69. The summed E-state index contributed by atoms with van der Waals surface area (Å²) in [6, 6.07) is 4.75. The van der Waals surface area contributed by atoms with Gasteiger partial charge in [0, 0.05) is 19.2 Å². The molecule has 0 spiro atoms. The van der Waals surface area contributed by atoms with Crippen molar-refractivity contribution in [3.63, 3.8) is 0 Å². The van der Waals surface area contributed by atoms with Crippen molar-refractivity contribution >= 4 is 0 Å². The summed E-state index contributed by atoms with van der Waals surface area (Å²) in [5.41, 5.74) is 0. The fraction of sp³-hybridized carbons (Fsp3) is 0.714. The molecule has 1 saturated heterocycles. The van der Waals surface area contributed by atoms with Gasteiger partial charge in [-0.1, -0.05) is 0 Å². The maximum atomic E-state index is 5.51. The van der Waals surface area contributed by atoms with Crippen molar-refractivity contribution in [2.24, 2.45) is 5.92 Å². The monoisotopic (exact) mass is 252 g/mol. The summed E-state index contributed by atoms with van der Waals surface area (Å²) >= 11 is 0. The van der Waals surface area contributed by atoms with Gasteiger partial charge < -0.3 is 14.5 Å². The molecule has 0 aliphatic carbocycles. The molecule has 18 heavy (non-hydrogen) atoms. The summed E-state index contributed by atoms with van der Waals surface area (Å²) in [6.45, 7) is 4.94. The summed E-state index contributed by atoms with van der Waals surface area (Å²) in [6.07, 6.45) is 2.90. The third-order valence-electron chi connectivity index (χ3n) is 3.80. The molecule has 1 N–H and O–H groups in total. The standard InChI is InChI=1S/C14H24N2O2/c1-11(12-6-8-17-10-12)15-9-13(16(2)3)14-5-4-7-18-14/h4-5,7,11-13,15H,6,8-10H2,1-3H3. The number of hydrogen-bond donors (Lipinski definition) is 1. The minimum absolute atomic E-state index is 0.282. The Morgan fingerprint density at radius 3 is 2.89 bits per heavy atom. The molecule has 102 valence electrons. The van der Waals surface area contributed by atoms with E-state index in [0.717, 1.165) is 25.5 Å². The second kappa shape index (κ2) is 6.36. The van der Waals surface area contributed by atoms with Crippen molar-refractivity contribution in [1.82, 2.24) is 10.2 Å². The number of nitrogens with one attached hydrogen (secondary N) is 1. The van der Waals surface area contributed by atoms with Crippen molar-refractivity contribution in [1.29, 1.82) is 0 Å². The number of nitrogens with zero attached hydrogens (tertiary/aromatic N) is 1. The van der Waals surface area contributed by atoms with Crippen molar-refractivity contribution in [3.8, 4) is 0 Å². The Labute approximate surface area is 109 Å². The molecule has 3 unspecified atom stereocenters. The number of ether oxygens (including phenoxy) is 1. The molecular weight excluding hydrogens is 228 g/mol. The predicted molar refractivity (Wildman–Crippen MR) is 71.5 cm³/mol. The summed E-state index contributed by atoms with van der Waals surface area (Å²) < 4.78 is 10.9. The van der Waals surface area contributed by atoms with Gasteiger partial charge in [-0.25, -0.2) is 0 Å². The van der Waals surface area contributed by atoms with Gasteiger partial charge in [-0.3, -0.25) is 4.90 Å². The van der Waals surface area contributed by atoms with Gasteiger partial charge in [-0.05, 0) is 45.5 Å². The highest BCUT2D eigenvalue weighted by molar-refractivity contribution is 5.05. The van der Waals surface area contributed by atoms with E-state index >= 15 is 0 Å². The van der Waals surface area contributed by atoms with E-state index in [1.165, 1.54) is 6.42 Å². The van der Waals surface area contributed by atoms with Crippen molar-refractivity contribution in [2.45, 2.75) is 25.4 Å². The summed E-state index contributed by atoms with van der Waals surface area (Å²) in [4.78, 5) is 2.18. The molecule has 1 aliphatic heterocycles. The first kappa shape index (κ1) is 13.6. The Bertz CT molecular complexity index is 332. The number of hydrogen-bond acceptors (Lipinski definition) is 4. The van der Waals surface area contributed by atoms with Gasteiger partial charge in [0.25, 0.3) is 0 Å². The number of furan rings is 1. The number of rotatable bonds is 6. The zero-order valence-electron chi connectivity index (χ0n) is 11.6. The molecule has 0 aromatic carbocycles. The van der Waals surface area contributed by atoms with E-state index in [4.69, 9.17) is 9.15 Å². The van der Waals surface area contributed by atoms with Crippen LogP contribution >= 0.6 is 0 Å². The van der Waals surface area contributed by atoms with Crippen molar-refractivity contribution < 1.29 is 9.15 Å². The van der Waals surface area contributed by atoms with E-state index < -0.39 is 0 Å². The molecule has 0 radical (unpaired) electrons. The third-order valence-corrected chi connectivity index (χ3v) is 3.80. The lowest BCUT2D eigenvalue weighted by atomic mass is 10.0. The van der Waals surface area contributed by atoms with Crippen molar-refractivity contribution in [2.75, 3.05) is 33.9 Å². The van der Waals surface area contributed by atoms with Crippen LogP contribution in [0.2, 0.25) is 0 Å². The van der Waals surface area contributed by atoms with Crippen LogP contribution in [0.15, 0.2) is 22.8 Å². The van der Waals surface area contributed by atoms with Crippen LogP contribution in [0.4, 0.5) is 0 Å². The minimum atomic E-state index is 0.282. The number of likely N-dealkylation sites (N-methyl/N-ethyl adjacent to an activating group) is 1. The SMILES string of the molecule is CC(NCC(c1ccco1)N(C)C)C1CCOC1. The molecule has 3 atom stereocenters. The molecule has 2 heterocycles. The van der Waals surface area contributed by atoms with Crippen LogP contribution in [0, 0.1) is 5.92 Å². The highest BCUT2D eigenvalue weighted by atomic mass is 16.5. The quantitative estimate of drug-likeness (QED) is 0.839. The normalized spacial score (nSPS) is 23.4. The predicted octanol–water partition coefficient (Wildman–Crippen LogP) is 1.90. The molecule has 1 aliphatic rings. The highest BCUT2D eigenvalue weighted by Gasteiger charge is 2.24. The molecule has 0 amide bonds. The Kier molecular flexibility index (Phi) is 4.80. The van der Waals surface area contributed by atoms with Gasteiger partial charge in [0.05, 0.1) is 18.9 Å². The fourth-order valence-electron chi connectivity index (χ4n) is 2.43. The van der Waals surface area contributed by atoms with Crippen molar-refractivity contribution in [3.05, 3.63) is 24.2 Å². The largest absolute Gasteiger partial charge is 0.468 e. The molecular formula is C14H24N2O2. The minimum Gasteiger partial charge on any atom is -0.468 e. The van der Waals surface area contributed by atoms with Crippen LogP contribution in [0.5, 0.6) is 0 Å². The second-order valence-electron chi connectivity index (χ2n) is 5.32. The molecule has 1 fully saturated rings. The smallest absolute Gasteiger partial charge is 0.122 e. The van der Waals surface area contributed by atoms with E-state index in [1.54, 1.807) is 6.26 Å². The van der Waals surface area contributed by atoms with E-state index in [-0.39, 0.29) is 6.04 Å². The van der Waals surface area contributed by atoms with Gasteiger partial charge in [-0.15, -0.1) is 0 Å². The Balaban J connectivity index is 1.86. The van der Waals surface area contributed by atoms with E-state index in [9.17, 15) is 0 Å². The van der Waals surface area contributed by atoms with E-state index in [0.29, 0.717) is 12.0 Å². The Morgan fingerprint density at radius 2 is 2.33 bits per heavy atom. The molecule has 0 saturated carbocycles. The van der Waals surface area contributed by atoms with Gasteiger partial charge >= 0.3 is 0 Å². The van der Waals surface area contributed by atoms with Crippen LogP contribution in [0.3, 0.4) is 0 Å². The second-order valence-corrected chi connectivity index (χ2v) is 5.32. The maximum absolute atomic E-state index is 5.51. The summed E-state index contributed by atoms with van der Waals surface area (Å²) in [5, 5.41) is 3.61. The van der Waals surface area contributed by atoms with E-state index in [1.807, 2.05) is 12.1 Å². The molecule has 1 aromatic rings. The van der Waals surface area contributed by atoms with Crippen LogP contribution in [0.25, 0.3) is 0 Å². The first-order valence-electron chi connectivity index (χ1n) is 6.69. The lowest BCUT2D eigenvalue weighted by molar-refractivity contribution is 0.175. The fourth-order valence-corrected chi connectivity index (χ4v) is 2.43. The third kappa shape index (κ3) is 3.34. The summed E-state index contributed by atoms with van der Waals surface area (Å²) in [7, 11) is 4.16. The lowest BCUT2D eigenvalue weighted by Crippen LogP contribution is -2.39. The van der Waals surface area contributed by atoms with Crippen LogP contribution in [-0.4, -0.2) is 44.8 Å². The topological polar surface area (TPSA) is 37.6 Å². The molecule has 4 nitrogen and oxygen atoms in total. The van der Waals surface area contributed by atoms with E-state index in [2.05, 4.69) is 31.2 Å². The molecule has 0 bridgehead atoms. The molecule has 4 heteroatoms. The lowest BCUT2D eigenvalue weighted by Gasteiger charge is -2.26. The summed E-state index contributed by atoms with van der Waals surface area (Å²) in [5.74, 6) is 1.66. The zero-order chi connectivity index (χ0) is 13.0. The Hall–Kier alpha value is -0.840. The molecule has 2 rings (SSSR count). The average molecular weight is 252 g/mol. The van der Waals surface area contributed by atoms with Crippen LogP contribution in [-0.2, 0) is 4.74 Å². The average Bonchev–Trinajstić information content (AvgIpc) is 3.01. The van der Waals surface area contributed by atoms with Crippen LogP contribution in [0.1, 0.15) is 25.1 Å². The van der Waals surface area contributed by atoms with Gasteiger partial charge in [-0.2, -0.15) is 0 Å². The van der Waals surface area contributed by atoms with Gasteiger partial charge in [0.2, 0.25) is 0 Å². The first-order chi connectivity index (χ1) is 8.68. The molecule has 1 aromatic heterocycles. The maximum Gasteiger partial charge on any atom is 0.122 e.